The van der Waals surface area contributed by atoms with E-state index in [1.54, 1.807) is 19.1 Å². The van der Waals surface area contributed by atoms with E-state index in [0.29, 0.717) is 41.7 Å². The summed E-state index contributed by atoms with van der Waals surface area (Å²) in [6.45, 7) is 4.57. The van der Waals surface area contributed by atoms with Crippen molar-refractivity contribution >= 4 is 29.3 Å². The topological polar surface area (TPSA) is 64.6 Å². The quantitative estimate of drug-likeness (QED) is 0.670. The van der Waals surface area contributed by atoms with Crippen LogP contribution in [0.25, 0.3) is 0 Å². The highest BCUT2D eigenvalue weighted by Crippen LogP contribution is 2.24. The Morgan fingerprint density at radius 3 is 2.62 bits per heavy atom. The molecule has 0 unspecified atom stereocenters. The summed E-state index contributed by atoms with van der Waals surface area (Å²) in [5, 5.41) is 2.87. The van der Waals surface area contributed by atoms with Crippen molar-refractivity contribution in [1.82, 2.24) is 0 Å². The summed E-state index contributed by atoms with van der Waals surface area (Å²) in [4.78, 5) is 23.9. The van der Waals surface area contributed by atoms with Crippen molar-refractivity contribution in [1.29, 1.82) is 0 Å². The Morgan fingerprint density at radius 1 is 1.04 bits per heavy atom. The standard InChI is InChI=1S/C20H23NO4S/c1-3-24-18-11-6-5-10-17(18)21-19(22)14-26-13-15-8-7-9-16(12-15)20(23)25-4-2/h5-12H,3-4,13-14H2,1-2H3,(H,21,22). The summed E-state index contributed by atoms with van der Waals surface area (Å²) >= 11 is 1.48. The largest absolute Gasteiger partial charge is 0.492 e. The van der Waals surface area contributed by atoms with Gasteiger partial charge in [0.15, 0.2) is 0 Å². The van der Waals surface area contributed by atoms with Gasteiger partial charge in [-0.1, -0.05) is 24.3 Å². The number of ether oxygens (including phenoxy) is 2. The lowest BCUT2D eigenvalue weighted by atomic mass is 10.1. The van der Waals surface area contributed by atoms with Crippen LogP contribution in [0.5, 0.6) is 5.75 Å². The van der Waals surface area contributed by atoms with Gasteiger partial charge in [-0.3, -0.25) is 4.79 Å². The number of anilines is 1. The normalized spacial score (nSPS) is 10.2. The molecule has 2 aromatic rings. The molecule has 0 spiro atoms. The second-order valence-electron chi connectivity index (χ2n) is 5.39. The van der Waals surface area contributed by atoms with Crippen LogP contribution in [0.4, 0.5) is 5.69 Å². The predicted octanol–water partition coefficient (Wildman–Crippen LogP) is 4.13. The van der Waals surface area contributed by atoms with E-state index in [9.17, 15) is 9.59 Å². The molecule has 5 nitrogen and oxygen atoms in total. The Labute approximate surface area is 158 Å². The Hall–Kier alpha value is -2.47. The molecule has 0 radical (unpaired) electrons. The van der Waals surface area contributed by atoms with Crippen molar-refractivity contribution in [2.45, 2.75) is 19.6 Å². The van der Waals surface area contributed by atoms with Gasteiger partial charge in [0.2, 0.25) is 5.91 Å². The molecule has 0 atom stereocenters. The van der Waals surface area contributed by atoms with Gasteiger partial charge in [0.1, 0.15) is 5.75 Å². The maximum atomic E-state index is 12.2. The molecule has 0 fully saturated rings. The Bertz CT molecular complexity index is 748. The summed E-state index contributed by atoms with van der Waals surface area (Å²) in [5.74, 6) is 1.18. The molecule has 6 heteroatoms. The van der Waals surface area contributed by atoms with Crippen LogP contribution in [0.3, 0.4) is 0 Å². The third-order valence-corrected chi connectivity index (χ3v) is 4.40. The van der Waals surface area contributed by atoms with Crippen molar-refractivity contribution in [3.8, 4) is 5.75 Å². The van der Waals surface area contributed by atoms with E-state index in [-0.39, 0.29) is 11.9 Å². The number of carbonyl (C=O) groups is 2. The fraction of sp³-hybridized carbons (Fsp3) is 0.300. The number of amides is 1. The molecule has 1 N–H and O–H groups in total. The van der Waals surface area contributed by atoms with Gasteiger partial charge >= 0.3 is 5.97 Å². The molecule has 2 aromatic carbocycles. The Balaban J connectivity index is 1.85. The zero-order chi connectivity index (χ0) is 18.8. The van der Waals surface area contributed by atoms with E-state index in [2.05, 4.69) is 5.32 Å². The molecule has 0 aliphatic rings. The van der Waals surface area contributed by atoms with E-state index >= 15 is 0 Å². The van der Waals surface area contributed by atoms with Crippen LogP contribution in [-0.4, -0.2) is 30.8 Å². The van der Waals surface area contributed by atoms with Crippen LogP contribution < -0.4 is 10.1 Å². The minimum absolute atomic E-state index is 0.0938. The fourth-order valence-electron chi connectivity index (χ4n) is 2.30. The number of hydrogen-bond acceptors (Lipinski definition) is 5. The summed E-state index contributed by atoms with van der Waals surface area (Å²) < 4.78 is 10.5. The van der Waals surface area contributed by atoms with E-state index in [1.807, 2.05) is 43.3 Å². The first kappa shape index (κ1) is 19.8. The second kappa shape index (κ2) is 10.5. The molecule has 26 heavy (non-hydrogen) atoms. The molecule has 0 aromatic heterocycles. The zero-order valence-corrected chi connectivity index (χ0v) is 15.8. The van der Waals surface area contributed by atoms with Crippen LogP contribution in [-0.2, 0) is 15.3 Å². The number of rotatable bonds is 9. The van der Waals surface area contributed by atoms with Crippen molar-refractivity contribution < 1.29 is 19.1 Å². The maximum Gasteiger partial charge on any atom is 0.338 e. The van der Waals surface area contributed by atoms with E-state index in [4.69, 9.17) is 9.47 Å². The number of para-hydroxylation sites is 2. The van der Waals surface area contributed by atoms with Gasteiger partial charge in [-0.15, -0.1) is 11.8 Å². The average Bonchev–Trinajstić information content (AvgIpc) is 2.64. The fourth-order valence-corrected chi connectivity index (χ4v) is 3.08. The van der Waals surface area contributed by atoms with Crippen LogP contribution >= 0.6 is 11.8 Å². The highest BCUT2D eigenvalue weighted by Gasteiger charge is 2.09. The number of esters is 1. The summed E-state index contributed by atoms with van der Waals surface area (Å²) in [5.41, 5.74) is 2.17. The lowest BCUT2D eigenvalue weighted by molar-refractivity contribution is -0.113. The molecule has 0 bridgehead atoms. The smallest absolute Gasteiger partial charge is 0.338 e. The third-order valence-electron chi connectivity index (χ3n) is 3.40. The van der Waals surface area contributed by atoms with E-state index < -0.39 is 0 Å². The summed E-state index contributed by atoms with van der Waals surface area (Å²) in [6, 6.07) is 14.6. The molecule has 0 saturated carbocycles. The minimum atomic E-state index is -0.329. The summed E-state index contributed by atoms with van der Waals surface area (Å²) in [7, 11) is 0. The van der Waals surface area contributed by atoms with Gasteiger partial charge < -0.3 is 14.8 Å². The first-order valence-corrected chi connectivity index (χ1v) is 9.65. The molecular weight excluding hydrogens is 350 g/mol. The van der Waals surface area contributed by atoms with Crippen LogP contribution in [0, 0.1) is 0 Å². The summed E-state index contributed by atoms with van der Waals surface area (Å²) in [6.07, 6.45) is 0. The highest BCUT2D eigenvalue weighted by molar-refractivity contribution is 7.99. The average molecular weight is 373 g/mol. The predicted molar refractivity (Wildman–Crippen MR) is 105 cm³/mol. The lowest BCUT2D eigenvalue weighted by Gasteiger charge is -2.11. The molecule has 2 rings (SSSR count). The first-order valence-electron chi connectivity index (χ1n) is 8.49. The van der Waals surface area contributed by atoms with Crippen LogP contribution in [0.1, 0.15) is 29.8 Å². The highest BCUT2D eigenvalue weighted by atomic mass is 32.2. The molecule has 0 aliphatic carbocycles. The maximum absolute atomic E-state index is 12.2. The number of benzene rings is 2. The van der Waals surface area contributed by atoms with Crippen molar-refractivity contribution in [3.63, 3.8) is 0 Å². The number of thioether (sulfide) groups is 1. The van der Waals surface area contributed by atoms with E-state index in [1.165, 1.54) is 11.8 Å². The third kappa shape index (κ3) is 6.11. The minimum Gasteiger partial charge on any atom is -0.492 e. The van der Waals surface area contributed by atoms with Crippen LogP contribution in [0.2, 0.25) is 0 Å². The number of hydrogen-bond donors (Lipinski definition) is 1. The van der Waals surface area contributed by atoms with Gasteiger partial charge in [-0.25, -0.2) is 4.79 Å². The van der Waals surface area contributed by atoms with Gasteiger partial charge in [-0.2, -0.15) is 0 Å². The zero-order valence-electron chi connectivity index (χ0n) is 15.0. The van der Waals surface area contributed by atoms with E-state index in [0.717, 1.165) is 5.56 Å². The first-order chi connectivity index (χ1) is 12.6. The molecule has 1 amide bonds. The molecule has 0 aliphatic heterocycles. The second-order valence-corrected chi connectivity index (χ2v) is 6.38. The van der Waals surface area contributed by atoms with Crippen molar-refractivity contribution in [2.75, 3.05) is 24.3 Å². The molecule has 0 heterocycles. The SMILES string of the molecule is CCOC(=O)c1cccc(CSCC(=O)Nc2ccccc2OCC)c1. The lowest BCUT2D eigenvalue weighted by Crippen LogP contribution is -2.15. The van der Waals surface area contributed by atoms with Crippen LogP contribution in [0.15, 0.2) is 48.5 Å². The van der Waals surface area contributed by atoms with Crippen molar-refractivity contribution in [3.05, 3.63) is 59.7 Å². The number of nitrogens with one attached hydrogen (secondary N) is 1. The Morgan fingerprint density at radius 2 is 1.85 bits per heavy atom. The molecule has 0 saturated heterocycles. The Kier molecular flexibility index (Phi) is 8.02. The number of carbonyl (C=O) groups excluding carboxylic acids is 2. The van der Waals surface area contributed by atoms with Gasteiger partial charge in [0.25, 0.3) is 0 Å². The van der Waals surface area contributed by atoms with Crippen molar-refractivity contribution in [2.24, 2.45) is 0 Å². The molecular formula is C20H23NO4S. The van der Waals surface area contributed by atoms with Gasteiger partial charge in [0, 0.05) is 5.75 Å². The van der Waals surface area contributed by atoms with Gasteiger partial charge in [-0.05, 0) is 43.7 Å². The van der Waals surface area contributed by atoms with Gasteiger partial charge in [0.05, 0.1) is 30.2 Å². The monoisotopic (exact) mass is 373 g/mol. The molecule has 138 valence electrons.